The molecule has 0 aliphatic rings. The molecule has 0 N–H and O–H groups in total. The molecule has 0 aromatic heterocycles. The van der Waals surface area contributed by atoms with Crippen molar-refractivity contribution in [3.8, 4) is 0 Å². The number of fused-ring (bicyclic) bond motifs is 1. The molecule has 0 atom stereocenters. The number of hydrogen-bond donors (Lipinski definition) is 0. The number of hydrogen-bond acceptors (Lipinski definition) is 0. The molecule has 3 aromatic carbocycles. The third-order valence-electron chi connectivity index (χ3n) is 3.45. The minimum atomic E-state index is 1.27. The molecule has 19 heavy (non-hydrogen) atoms. The standard InChI is InChI=1S/C19H16/c1-2-17(15-9-4-3-5-10-15)19-14-8-12-16-11-6-7-13-18(16)19/h2-14H,1H3/b17-2-. The van der Waals surface area contributed by atoms with Crippen LogP contribution in [0.4, 0.5) is 0 Å². The lowest BCUT2D eigenvalue weighted by atomic mass is 9.93. The zero-order valence-corrected chi connectivity index (χ0v) is 11.0. The van der Waals surface area contributed by atoms with Gasteiger partial charge in [-0.15, -0.1) is 0 Å². The van der Waals surface area contributed by atoms with Crippen LogP contribution >= 0.6 is 0 Å². The predicted molar refractivity (Wildman–Crippen MR) is 83.1 cm³/mol. The van der Waals surface area contributed by atoms with Crippen molar-refractivity contribution in [2.24, 2.45) is 0 Å². The summed E-state index contributed by atoms with van der Waals surface area (Å²) in [6, 6.07) is 25.6. The topological polar surface area (TPSA) is 0 Å². The smallest absolute Gasteiger partial charge is 0.0103 e. The average Bonchev–Trinajstić information content (AvgIpc) is 2.49. The van der Waals surface area contributed by atoms with Gasteiger partial charge < -0.3 is 0 Å². The van der Waals surface area contributed by atoms with Crippen LogP contribution in [0.2, 0.25) is 0 Å². The van der Waals surface area contributed by atoms with Crippen LogP contribution in [0.15, 0.2) is 78.9 Å². The van der Waals surface area contributed by atoms with E-state index in [0.717, 1.165) is 0 Å². The summed E-state index contributed by atoms with van der Waals surface area (Å²) in [5.41, 5.74) is 3.85. The summed E-state index contributed by atoms with van der Waals surface area (Å²) in [6.45, 7) is 2.10. The molecule has 0 aliphatic carbocycles. The zero-order chi connectivity index (χ0) is 13.1. The van der Waals surface area contributed by atoms with E-state index in [0.29, 0.717) is 0 Å². The summed E-state index contributed by atoms with van der Waals surface area (Å²) in [6.07, 6.45) is 2.19. The average molecular weight is 244 g/mol. The van der Waals surface area contributed by atoms with Gasteiger partial charge in [0.15, 0.2) is 0 Å². The van der Waals surface area contributed by atoms with Gasteiger partial charge in [-0.2, -0.15) is 0 Å². The summed E-state index contributed by atoms with van der Waals surface area (Å²) < 4.78 is 0. The summed E-state index contributed by atoms with van der Waals surface area (Å²) in [5, 5.41) is 2.59. The first-order valence-corrected chi connectivity index (χ1v) is 6.60. The Morgan fingerprint density at radius 1 is 0.737 bits per heavy atom. The number of benzene rings is 3. The summed E-state index contributed by atoms with van der Waals surface area (Å²) in [4.78, 5) is 0. The van der Waals surface area contributed by atoms with Crippen molar-refractivity contribution in [1.29, 1.82) is 0 Å². The van der Waals surface area contributed by atoms with Gasteiger partial charge in [0.1, 0.15) is 0 Å². The third kappa shape index (κ3) is 2.17. The van der Waals surface area contributed by atoms with E-state index in [1.54, 1.807) is 0 Å². The van der Waals surface area contributed by atoms with E-state index in [2.05, 4.69) is 85.8 Å². The first-order chi connectivity index (χ1) is 9.40. The van der Waals surface area contributed by atoms with Crippen LogP contribution in [-0.2, 0) is 0 Å². The Hall–Kier alpha value is -2.34. The van der Waals surface area contributed by atoms with Crippen molar-refractivity contribution in [3.05, 3.63) is 90.0 Å². The van der Waals surface area contributed by atoms with Crippen molar-refractivity contribution < 1.29 is 0 Å². The van der Waals surface area contributed by atoms with E-state index in [9.17, 15) is 0 Å². The fourth-order valence-electron chi connectivity index (χ4n) is 2.56. The van der Waals surface area contributed by atoms with E-state index in [-0.39, 0.29) is 0 Å². The lowest BCUT2D eigenvalue weighted by Gasteiger charge is -2.11. The molecular weight excluding hydrogens is 228 g/mol. The second-order valence-corrected chi connectivity index (χ2v) is 4.60. The van der Waals surface area contributed by atoms with Gasteiger partial charge in [-0.1, -0.05) is 78.9 Å². The quantitative estimate of drug-likeness (QED) is 0.574. The number of allylic oxidation sites excluding steroid dienone is 1. The van der Waals surface area contributed by atoms with Crippen molar-refractivity contribution >= 4 is 16.3 Å². The van der Waals surface area contributed by atoms with Gasteiger partial charge >= 0.3 is 0 Å². The van der Waals surface area contributed by atoms with E-state index in [1.807, 2.05) is 0 Å². The zero-order valence-electron chi connectivity index (χ0n) is 11.0. The molecule has 92 valence electrons. The Kier molecular flexibility index (Phi) is 3.16. The Balaban J connectivity index is 2.24. The van der Waals surface area contributed by atoms with Gasteiger partial charge in [-0.25, -0.2) is 0 Å². The largest absolute Gasteiger partial charge is 0.0792 e. The van der Waals surface area contributed by atoms with Crippen LogP contribution in [0.1, 0.15) is 18.1 Å². The second-order valence-electron chi connectivity index (χ2n) is 4.60. The highest BCUT2D eigenvalue weighted by atomic mass is 14.1. The molecule has 3 rings (SSSR count). The minimum Gasteiger partial charge on any atom is -0.0792 e. The minimum absolute atomic E-state index is 1.27. The van der Waals surface area contributed by atoms with Crippen molar-refractivity contribution in [2.45, 2.75) is 6.92 Å². The van der Waals surface area contributed by atoms with Gasteiger partial charge in [0.05, 0.1) is 0 Å². The summed E-state index contributed by atoms with van der Waals surface area (Å²) in [5.74, 6) is 0. The van der Waals surface area contributed by atoms with E-state index < -0.39 is 0 Å². The summed E-state index contributed by atoms with van der Waals surface area (Å²) >= 11 is 0. The van der Waals surface area contributed by atoms with Gasteiger partial charge in [-0.05, 0) is 34.4 Å². The highest BCUT2D eigenvalue weighted by Crippen LogP contribution is 2.29. The molecule has 0 heterocycles. The molecule has 0 spiro atoms. The monoisotopic (exact) mass is 244 g/mol. The van der Waals surface area contributed by atoms with Crippen LogP contribution < -0.4 is 0 Å². The molecule has 0 nitrogen and oxygen atoms in total. The molecule has 0 saturated heterocycles. The normalized spacial score (nSPS) is 11.7. The van der Waals surface area contributed by atoms with E-state index in [1.165, 1.54) is 27.5 Å². The van der Waals surface area contributed by atoms with Crippen molar-refractivity contribution in [1.82, 2.24) is 0 Å². The lowest BCUT2D eigenvalue weighted by molar-refractivity contribution is 1.55. The fourth-order valence-corrected chi connectivity index (χ4v) is 2.56. The molecule has 3 aromatic rings. The van der Waals surface area contributed by atoms with Crippen molar-refractivity contribution in [3.63, 3.8) is 0 Å². The van der Waals surface area contributed by atoms with Gasteiger partial charge in [-0.3, -0.25) is 0 Å². The molecular formula is C19H16. The van der Waals surface area contributed by atoms with Crippen molar-refractivity contribution in [2.75, 3.05) is 0 Å². The molecule has 0 heteroatoms. The lowest BCUT2D eigenvalue weighted by Crippen LogP contribution is -1.89. The van der Waals surface area contributed by atoms with Crippen LogP contribution in [0, 0.1) is 0 Å². The maximum Gasteiger partial charge on any atom is -0.0103 e. The van der Waals surface area contributed by atoms with E-state index >= 15 is 0 Å². The molecule has 0 radical (unpaired) electrons. The maximum atomic E-state index is 2.20. The molecule has 0 bridgehead atoms. The molecule has 0 amide bonds. The SMILES string of the molecule is C/C=C(/c1ccccc1)c1cccc2ccccc12. The molecule has 0 saturated carbocycles. The molecule has 0 aliphatic heterocycles. The highest BCUT2D eigenvalue weighted by molar-refractivity contribution is 5.97. The Morgan fingerprint density at radius 3 is 2.21 bits per heavy atom. The third-order valence-corrected chi connectivity index (χ3v) is 3.45. The Bertz CT molecular complexity index is 716. The molecule has 0 unspecified atom stereocenters. The van der Waals surface area contributed by atoms with E-state index in [4.69, 9.17) is 0 Å². The fraction of sp³-hybridized carbons (Fsp3) is 0.0526. The molecule has 0 fully saturated rings. The van der Waals surface area contributed by atoms with Crippen LogP contribution in [-0.4, -0.2) is 0 Å². The van der Waals surface area contributed by atoms with Gasteiger partial charge in [0, 0.05) is 0 Å². The Labute approximate surface area is 114 Å². The highest BCUT2D eigenvalue weighted by Gasteiger charge is 2.07. The first-order valence-electron chi connectivity index (χ1n) is 6.60. The van der Waals surface area contributed by atoms with Crippen LogP contribution in [0.3, 0.4) is 0 Å². The maximum absolute atomic E-state index is 2.20. The Morgan fingerprint density at radius 2 is 1.42 bits per heavy atom. The van der Waals surface area contributed by atoms with Gasteiger partial charge in [0.2, 0.25) is 0 Å². The predicted octanol–water partition coefficient (Wildman–Crippen LogP) is 5.29. The van der Waals surface area contributed by atoms with Crippen LogP contribution in [0.5, 0.6) is 0 Å². The first kappa shape index (κ1) is 11.7. The van der Waals surface area contributed by atoms with Gasteiger partial charge in [0.25, 0.3) is 0 Å². The summed E-state index contributed by atoms with van der Waals surface area (Å²) in [7, 11) is 0. The van der Waals surface area contributed by atoms with Crippen LogP contribution in [0.25, 0.3) is 16.3 Å². The second kappa shape index (κ2) is 5.11. The number of rotatable bonds is 2.